The fraction of sp³-hybridized carbons (Fsp3) is 0.500. The zero-order valence-corrected chi connectivity index (χ0v) is 13.0. The average molecular weight is 312 g/mol. The van der Waals surface area contributed by atoms with Gasteiger partial charge in [0.2, 0.25) is 10.0 Å². The number of para-hydroxylation sites is 1. The second-order valence-electron chi connectivity index (χ2n) is 5.43. The van der Waals surface area contributed by atoms with E-state index in [9.17, 15) is 13.2 Å². The van der Waals surface area contributed by atoms with E-state index in [-0.39, 0.29) is 12.5 Å². The number of rotatable bonds is 4. The van der Waals surface area contributed by atoms with Crippen LogP contribution in [0.3, 0.4) is 0 Å². The first-order chi connectivity index (χ1) is 9.79. The lowest BCUT2D eigenvalue weighted by molar-refractivity contribution is -0.138. The molecule has 6 nitrogen and oxygen atoms in total. The van der Waals surface area contributed by atoms with Gasteiger partial charge in [-0.2, -0.15) is 4.31 Å². The summed E-state index contributed by atoms with van der Waals surface area (Å²) >= 11 is 0. The molecule has 7 heteroatoms. The van der Waals surface area contributed by atoms with E-state index < -0.39 is 22.0 Å². The second kappa shape index (κ2) is 6.03. The number of sulfonamides is 1. The highest BCUT2D eigenvalue weighted by atomic mass is 32.2. The van der Waals surface area contributed by atoms with Gasteiger partial charge in [0, 0.05) is 24.8 Å². The van der Waals surface area contributed by atoms with Crippen LogP contribution in [0, 0.1) is 0 Å². The quantitative estimate of drug-likeness (QED) is 0.897. The van der Waals surface area contributed by atoms with Crippen molar-refractivity contribution in [3.63, 3.8) is 0 Å². The van der Waals surface area contributed by atoms with Crippen molar-refractivity contribution in [1.82, 2.24) is 4.31 Å². The number of hydrogen-bond acceptors (Lipinski definition) is 4. The van der Waals surface area contributed by atoms with E-state index in [0.717, 1.165) is 11.9 Å². The number of piperazine rings is 1. The van der Waals surface area contributed by atoms with E-state index in [1.54, 1.807) is 0 Å². The van der Waals surface area contributed by atoms with Crippen molar-refractivity contribution < 1.29 is 18.3 Å². The van der Waals surface area contributed by atoms with Crippen LogP contribution in [0.2, 0.25) is 0 Å². The number of carboxylic acid groups (broad SMARTS) is 1. The van der Waals surface area contributed by atoms with Gasteiger partial charge in [0.05, 0.1) is 18.7 Å². The lowest BCUT2D eigenvalue weighted by Gasteiger charge is -2.44. The third-order valence-electron chi connectivity index (χ3n) is 3.62. The van der Waals surface area contributed by atoms with E-state index >= 15 is 0 Å². The first-order valence-corrected chi connectivity index (χ1v) is 8.64. The Morgan fingerprint density at radius 3 is 2.43 bits per heavy atom. The summed E-state index contributed by atoms with van der Waals surface area (Å²) in [5.74, 6) is -0.990. The zero-order valence-electron chi connectivity index (χ0n) is 12.1. The molecule has 0 amide bonds. The maximum Gasteiger partial charge on any atom is 0.305 e. The SMILES string of the molecule is CC1CN(c2ccccc2)CC(CC(=O)O)N1S(C)(=O)=O. The summed E-state index contributed by atoms with van der Waals surface area (Å²) in [4.78, 5) is 13.1. The summed E-state index contributed by atoms with van der Waals surface area (Å²) in [7, 11) is -3.43. The van der Waals surface area contributed by atoms with Crippen molar-refractivity contribution in [3.8, 4) is 0 Å². The van der Waals surface area contributed by atoms with Gasteiger partial charge in [-0.25, -0.2) is 8.42 Å². The number of hydrogen-bond donors (Lipinski definition) is 1. The van der Waals surface area contributed by atoms with Gasteiger partial charge in [-0.15, -0.1) is 0 Å². The van der Waals surface area contributed by atoms with Gasteiger partial charge in [-0.3, -0.25) is 4.79 Å². The maximum absolute atomic E-state index is 11.9. The van der Waals surface area contributed by atoms with E-state index in [2.05, 4.69) is 0 Å². The maximum atomic E-state index is 11.9. The summed E-state index contributed by atoms with van der Waals surface area (Å²) in [5, 5.41) is 9.05. The Morgan fingerprint density at radius 2 is 1.90 bits per heavy atom. The number of carbonyl (C=O) groups is 1. The van der Waals surface area contributed by atoms with E-state index in [1.165, 1.54) is 4.31 Å². The van der Waals surface area contributed by atoms with Crippen molar-refractivity contribution >= 4 is 21.7 Å². The zero-order chi connectivity index (χ0) is 15.6. The Bertz CT molecular complexity index is 603. The Morgan fingerprint density at radius 1 is 1.29 bits per heavy atom. The predicted octanol–water partition coefficient (Wildman–Crippen LogP) is 1.00. The molecular formula is C14H20N2O4S. The topological polar surface area (TPSA) is 77.9 Å². The largest absolute Gasteiger partial charge is 0.481 e. The molecule has 1 saturated heterocycles. The molecule has 1 aromatic carbocycles. The first-order valence-electron chi connectivity index (χ1n) is 6.79. The van der Waals surface area contributed by atoms with E-state index in [0.29, 0.717) is 13.1 Å². The van der Waals surface area contributed by atoms with Crippen LogP contribution in [0.5, 0.6) is 0 Å². The molecule has 2 unspecified atom stereocenters. The van der Waals surface area contributed by atoms with Gasteiger partial charge >= 0.3 is 5.97 Å². The highest BCUT2D eigenvalue weighted by Crippen LogP contribution is 2.25. The van der Waals surface area contributed by atoms with Crippen LogP contribution in [0.15, 0.2) is 30.3 Å². The summed E-state index contributed by atoms with van der Waals surface area (Å²) in [6.07, 6.45) is 0.942. The smallest absolute Gasteiger partial charge is 0.305 e. The Balaban J connectivity index is 2.28. The molecule has 0 bridgehead atoms. The van der Waals surface area contributed by atoms with Crippen LogP contribution in [0.25, 0.3) is 0 Å². The minimum atomic E-state index is -3.43. The summed E-state index contributed by atoms with van der Waals surface area (Å²) < 4.78 is 25.2. The molecule has 1 heterocycles. The third-order valence-corrected chi connectivity index (χ3v) is 5.05. The van der Waals surface area contributed by atoms with Crippen molar-refractivity contribution in [2.75, 3.05) is 24.2 Å². The molecule has 0 radical (unpaired) electrons. The number of carboxylic acids is 1. The third kappa shape index (κ3) is 3.74. The first kappa shape index (κ1) is 15.8. The average Bonchev–Trinajstić information content (AvgIpc) is 2.36. The Hall–Kier alpha value is -1.60. The summed E-state index contributed by atoms with van der Waals surface area (Å²) in [6.45, 7) is 2.74. The molecule has 21 heavy (non-hydrogen) atoms. The monoisotopic (exact) mass is 312 g/mol. The molecule has 1 aromatic rings. The highest BCUT2D eigenvalue weighted by molar-refractivity contribution is 7.88. The van der Waals surface area contributed by atoms with Gasteiger partial charge in [0.1, 0.15) is 0 Å². The molecule has 2 atom stereocenters. The van der Waals surface area contributed by atoms with Crippen LogP contribution in [-0.4, -0.2) is 55.2 Å². The Labute approximate surface area is 125 Å². The van der Waals surface area contributed by atoms with Crippen molar-refractivity contribution in [1.29, 1.82) is 0 Å². The number of anilines is 1. The van der Waals surface area contributed by atoms with E-state index in [4.69, 9.17) is 5.11 Å². The number of benzene rings is 1. The van der Waals surface area contributed by atoms with E-state index in [1.807, 2.05) is 42.2 Å². The fourth-order valence-electron chi connectivity index (χ4n) is 2.97. The minimum absolute atomic E-state index is 0.194. The van der Waals surface area contributed by atoms with Crippen LogP contribution < -0.4 is 4.90 Å². The number of nitrogens with zero attached hydrogens (tertiary/aromatic N) is 2. The standard InChI is InChI=1S/C14H20N2O4S/c1-11-9-15(12-6-4-3-5-7-12)10-13(8-14(17)18)16(11)21(2,19)20/h3-7,11,13H,8-10H2,1-2H3,(H,17,18). The Kier molecular flexibility index (Phi) is 4.53. The van der Waals surface area contributed by atoms with Crippen molar-refractivity contribution in [2.24, 2.45) is 0 Å². The molecule has 116 valence electrons. The lowest BCUT2D eigenvalue weighted by atomic mass is 10.1. The van der Waals surface area contributed by atoms with Gasteiger partial charge in [-0.05, 0) is 19.1 Å². The normalized spacial score (nSPS) is 24.0. The molecule has 1 fully saturated rings. The van der Waals surface area contributed by atoms with Gasteiger partial charge < -0.3 is 10.0 Å². The molecule has 0 aliphatic carbocycles. The molecule has 0 spiro atoms. The fourth-order valence-corrected chi connectivity index (χ4v) is 4.38. The van der Waals surface area contributed by atoms with Crippen molar-refractivity contribution in [2.45, 2.75) is 25.4 Å². The lowest BCUT2D eigenvalue weighted by Crippen LogP contribution is -2.59. The molecule has 1 aliphatic heterocycles. The molecule has 1 N–H and O–H groups in total. The van der Waals surface area contributed by atoms with Crippen LogP contribution in [0.1, 0.15) is 13.3 Å². The summed E-state index contributed by atoms with van der Waals surface area (Å²) in [5.41, 5.74) is 0.980. The summed E-state index contributed by atoms with van der Waals surface area (Å²) in [6, 6.07) is 8.81. The van der Waals surface area contributed by atoms with Crippen LogP contribution >= 0.6 is 0 Å². The molecule has 2 rings (SSSR count). The minimum Gasteiger partial charge on any atom is -0.481 e. The molecular weight excluding hydrogens is 292 g/mol. The molecule has 1 aliphatic rings. The van der Waals surface area contributed by atoms with Gasteiger partial charge in [0.25, 0.3) is 0 Å². The van der Waals surface area contributed by atoms with Crippen LogP contribution in [-0.2, 0) is 14.8 Å². The number of aliphatic carboxylic acids is 1. The van der Waals surface area contributed by atoms with Crippen molar-refractivity contribution in [3.05, 3.63) is 30.3 Å². The molecule has 0 aromatic heterocycles. The highest BCUT2D eigenvalue weighted by Gasteiger charge is 2.38. The molecule has 0 saturated carbocycles. The van der Waals surface area contributed by atoms with Gasteiger partial charge in [-0.1, -0.05) is 18.2 Å². The predicted molar refractivity (Wildman–Crippen MR) is 80.8 cm³/mol. The van der Waals surface area contributed by atoms with Gasteiger partial charge in [0.15, 0.2) is 0 Å². The second-order valence-corrected chi connectivity index (χ2v) is 7.32. The van der Waals surface area contributed by atoms with Crippen LogP contribution in [0.4, 0.5) is 5.69 Å².